The zero-order chi connectivity index (χ0) is 18.1. The first-order valence-corrected chi connectivity index (χ1v) is 9.92. The second-order valence-corrected chi connectivity index (χ2v) is 7.64. The zero-order valence-corrected chi connectivity index (χ0v) is 15.7. The van der Waals surface area contributed by atoms with Gasteiger partial charge < -0.3 is 15.9 Å². The molecule has 1 atom stereocenters. The molecule has 0 bridgehead atoms. The summed E-state index contributed by atoms with van der Waals surface area (Å²) in [6.07, 6.45) is 15.0. The Labute approximate surface area is 153 Å². The molecule has 0 radical (unpaired) electrons. The largest absolute Gasteiger partial charge is 0.394 e. The Kier molecular flexibility index (Phi) is 8.14. The predicted molar refractivity (Wildman–Crippen MR) is 105 cm³/mol. The van der Waals surface area contributed by atoms with Crippen LogP contribution in [0.3, 0.4) is 0 Å². The highest BCUT2D eigenvalue weighted by Gasteiger charge is 2.34. The second kappa shape index (κ2) is 10.1. The van der Waals surface area contributed by atoms with Gasteiger partial charge in [0.05, 0.1) is 18.8 Å². The topological polar surface area (TPSA) is 66.5 Å². The van der Waals surface area contributed by atoms with Gasteiger partial charge in [0.1, 0.15) is 0 Å². The summed E-state index contributed by atoms with van der Waals surface area (Å²) in [6, 6.07) is 6.74. The number of benzene rings is 1. The lowest BCUT2D eigenvalue weighted by Crippen LogP contribution is -2.54. The SMILES string of the molecule is CCCCCCCCc1ccc2c(c1)C=CCC(C(N)(CO)CO)C2. The predicted octanol–water partition coefficient (Wildman–Crippen LogP) is 3.85. The van der Waals surface area contributed by atoms with E-state index < -0.39 is 5.54 Å². The van der Waals surface area contributed by atoms with Gasteiger partial charge in [-0.15, -0.1) is 0 Å². The summed E-state index contributed by atoms with van der Waals surface area (Å²) in [5.74, 6) is 0.0596. The fourth-order valence-electron chi connectivity index (χ4n) is 3.70. The van der Waals surface area contributed by atoms with E-state index >= 15 is 0 Å². The third-order valence-electron chi connectivity index (χ3n) is 5.62. The standard InChI is InChI=1S/C22H35NO2/c1-2-3-4-5-6-7-9-18-12-13-20-15-21(22(23,16-24)17-25)11-8-10-19(20)14-18/h8,10,12-14,21,24-25H,2-7,9,11,15-17,23H2,1H3. The fraction of sp³-hybridized carbons (Fsp3) is 0.636. The molecule has 1 aliphatic carbocycles. The van der Waals surface area contributed by atoms with Crippen molar-refractivity contribution in [2.24, 2.45) is 11.7 Å². The highest BCUT2D eigenvalue weighted by Crippen LogP contribution is 2.29. The molecule has 0 spiro atoms. The van der Waals surface area contributed by atoms with Crippen LogP contribution in [-0.4, -0.2) is 29.0 Å². The van der Waals surface area contributed by atoms with Crippen LogP contribution in [0.15, 0.2) is 24.3 Å². The summed E-state index contributed by atoms with van der Waals surface area (Å²) >= 11 is 0. The monoisotopic (exact) mass is 345 g/mol. The summed E-state index contributed by atoms with van der Waals surface area (Å²) in [6.45, 7) is 1.88. The summed E-state index contributed by atoms with van der Waals surface area (Å²) in [4.78, 5) is 0. The Balaban J connectivity index is 1.95. The van der Waals surface area contributed by atoms with E-state index in [2.05, 4.69) is 37.3 Å². The number of rotatable bonds is 10. The minimum absolute atomic E-state index is 0.0596. The Hall–Kier alpha value is -1.16. The molecule has 0 saturated heterocycles. The minimum atomic E-state index is -0.914. The smallest absolute Gasteiger partial charge is 0.0657 e. The number of hydrogen-bond donors (Lipinski definition) is 3. The molecule has 1 aromatic rings. The summed E-state index contributed by atoms with van der Waals surface area (Å²) in [5, 5.41) is 19.2. The Morgan fingerprint density at radius 1 is 1.08 bits per heavy atom. The van der Waals surface area contributed by atoms with Gasteiger partial charge in [-0.2, -0.15) is 0 Å². The second-order valence-electron chi connectivity index (χ2n) is 7.64. The van der Waals surface area contributed by atoms with Gasteiger partial charge >= 0.3 is 0 Å². The average Bonchev–Trinajstić information content (AvgIpc) is 2.86. The Bertz CT molecular complexity index is 549. The molecule has 4 N–H and O–H groups in total. The van der Waals surface area contributed by atoms with Crippen molar-refractivity contribution in [1.82, 2.24) is 0 Å². The molecule has 0 amide bonds. The van der Waals surface area contributed by atoms with Gasteiger partial charge in [-0.1, -0.05) is 69.4 Å². The maximum absolute atomic E-state index is 9.59. The minimum Gasteiger partial charge on any atom is -0.394 e. The van der Waals surface area contributed by atoms with Crippen LogP contribution in [0, 0.1) is 5.92 Å². The molecule has 1 aromatic carbocycles. The molecule has 0 fully saturated rings. The quantitative estimate of drug-likeness (QED) is 0.564. The highest BCUT2D eigenvalue weighted by atomic mass is 16.3. The Morgan fingerprint density at radius 2 is 1.80 bits per heavy atom. The molecule has 0 heterocycles. The van der Waals surface area contributed by atoms with Gasteiger partial charge in [0.25, 0.3) is 0 Å². The molecule has 25 heavy (non-hydrogen) atoms. The molecule has 0 aliphatic heterocycles. The van der Waals surface area contributed by atoms with Crippen LogP contribution in [0.4, 0.5) is 0 Å². The van der Waals surface area contributed by atoms with Gasteiger partial charge in [0, 0.05) is 0 Å². The fourth-order valence-corrected chi connectivity index (χ4v) is 3.70. The van der Waals surface area contributed by atoms with Gasteiger partial charge in [0.15, 0.2) is 0 Å². The van der Waals surface area contributed by atoms with Crippen molar-refractivity contribution in [3.8, 4) is 0 Å². The first-order chi connectivity index (χ1) is 12.1. The van der Waals surface area contributed by atoms with Crippen molar-refractivity contribution in [1.29, 1.82) is 0 Å². The van der Waals surface area contributed by atoms with E-state index in [0.717, 1.165) is 19.3 Å². The first-order valence-electron chi connectivity index (χ1n) is 9.92. The van der Waals surface area contributed by atoms with E-state index in [4.69, 9.17) is 5.73 Å². The van der Waals surface area contributed by atoms with Gasteiger partial charge in [-0.25, -0.2) is 0 Å². The molecule has 0 saturated carbocycles. The average molecular weight is 346 g/mol. The van der Waals surface area contributed by atoms with Crippen LogP contribution in [-0.2, 0) is 12.8 Å². The molecule has 1 aliphatic rings. The molecule has 1 unspecified atom stereocenters. The molecule has 140 valence electrons. The van der Waals surface area contributed by atoms with Gasteiger partial charge in [-0.3, -0.25) is 0 Å². The maximum atomic E-state index is 9.59. The van der Waals surface area contributed by atoms with Crippen molar-refractivity contribution in [2.45, 2.75) is 70.3 Å². The van der Waals surface area contributed by atoms with Crippen LogP contribution < -0.4 is 5.73 Å². The van der Waals surface area contributed by atoms with E-state index in [1.165, 1.54) is 55.2 Å². The highest BCUT2D eigenvalue weighted by molar-refractivity contribution is 5.56. The lowest BCUT2D eigenvalue weighted by atomic mass is 9.80. The molecule has 2 rings (SSSR count). The lowest BCUT2D eigenvalue weighted by molar-refractivity contribution is 0.0758. The number of aliphatic hydroxyl groups is 2. The molecule has 3 heteroatoms. The number of unbranched alkanes of at least 4 members (excludes halogenated alkanes) is 5. The third-order valence-corrected chi connectivity index (χ3v) is 5.62. The number of nitrogens with two attached hydrogens (primary N) is 1. The number of allylic oxidation sites excluding steroid dienone is 1. The van der Waals surface area contributed by atoms with E-state index in [-0.39, 0.29) is 19.1 Å². The third kappa shape index (κ3) is 5.67. The van der Waals surface area contributed by atoms with E-state index in [1.807, 2.05) is 0 Å². The normalized spacial score (nSPS) is 17.4. The van der Waals surface area contributed by atoms with Crippen LogP contribution in [0.1, 0.15) is 68.6 Å². The molecule has 3 nitrogen and oxygen atoms in total. The summed E-state index contributed by atoms with van der Waals surface area (Å²) in [7, 11) is 0. The molecular formula is C22H35NO2. The number of aryl methyl sites for hydroxylation is 1. The van der Waals surface area contributed by atoms with E-state index in [0.29, 0.717) is 0 Å². The lowest BCUT2D eigenvalue weighted by Gasteiger charge is -2.33. The van der Waals surface area contributed by atoms with Crippen molar-refractivity contribution >= 4 is 6.08 Å². The van der Waals surface area contributed by atoms with Crippen LogP contribution >= 0.6 is 0 Å². The van der Waals surface area contributed by atoms with Gasteiger partial charge in [0.2, 0.25) is 0 Å². The maximum Gasteiger partial charge on any atom is 0.0657 e. The number of hydrogen-bond acceptors (Lipinski definition) is 3. The van der Waals surface area contributed by atoms with E-state index in [9.17, 15) is 10.2 Å². The van der Waals surface area contributed by atoms with Gasteiger partial charge in [-0.05, 0) is 48.3 Å². The summed E-state index contributed by atoms with van der Waals surface area (Å²) in [5.41, 5.74) is 9.23. The number of fused-ring (bicyclic) bond motifs is 1. The molecule has 0 aromatic heterocycles. The van der Waals surface area contributed by atoms with Crippen LogP contribution in [0.25, 0.3) is 6.08 Å². The summed E-state index contributed by atoms with van der Waals surface area (Å²) < 4.78 is 0. The van der Waals surface area contributed by atoms with Crippen LogP contribution in [0.5, 0.6) is 0 Å². The van der Waals surface area contributed by atoms with Crippen molar-refractivity contribution in [3.05, 3.63) is 41.0 Å². The Morgan fingerprint density at radius 3 is 2.52 bits per heavy atom. The van der Waals surface area contributed by atoms with Crippen LogP contribution in [0.2, 0.25) is 0 Å². The van der Waals surface area contributed by atoms with E-state index in [1.54, 1.807) is 0 Å². The molecular weight excluding hydrogens is 310 g/mol. The van der Waals surface area contributed by atoms with Crippen molar-refractivity contribution in [3.63, 3.8) is 0 Å². The first kappa shape index (κ1) is 20.2. The zero-order valence-electron chi connectivity index (χ0n) is 15.7. The number of aliphatic hydroxyl groups excluding tert-OH is 2. The van der Waals surface area contributed by atoms with Crippen molar-refractivity contribution in [2.75, 3.05) is 13.2 Å². The van der Waals surface area contributed by atoms with Crippen molar-refractivity contribution < 1.29 is 10.2 Å².